The number of hydrogen-bond acceptors (Lipinski definition) is 9. The van der Waals surface area contributed by atoms with Gasteiger partial charge in [-0.1, -0.05) is 0 Å². The average Bonchev–Trinajstić information content (AvgIpc) is 3.73. The quantitative estimate of drug-likeness (QED) is 0.257. The number of carbonyl (C=O) groups is 3. The number of halogens is 1. The first-order valence-electron chi connectivity index (χ1n) is 16.0. The van der Waals surface area contributed by atoms with Gasteiger partial charge in [-0.25, -0.2) is 19.0 Å². The maximum absolute atomic E-state index is 14.8. The lowest BCUT2D eigenvalue weighted by atomic mass is 10.1. The molecule has 1 aliphatic heterocycles. The van der Waals surface area contributed by atoms with E-state index in [4.69, 9.17) is 14.6 Å². The number of piperazine rings is 1. The van der Waals surface area contributed by atoms with E-state index in [0.717, 1.165) is 10.4 Å². The highest BCUT2D eigenvalue weighted by Crippen LogP contribution is 2.31. The van der Waals surface area contributed by atoms with Gasteiger partial charge in [0.15, 0.2) is 11.5 Å². The van der Waals surface area contributed by atoms with Gasteiger partial charge >= 0.3 is 12.2 Å². The molecule has 0 spiro atoms. The zero-order valence-electron chi connectivity index (χ0n) is 28.7. The van der Waals surface area contributed by atoms with Crippen LogP contribution in [0, 0.1) is 12.7 Å². The number of carbonyl (C=O) groups excluding carboxylic acids is 3. The third kappa shape index (κ3) is 7.50. The number of pyridine rings is 1. The van der Waals surface area contributed by atoms with Crippen LogP contribution in [0.4, 0.5) is 25.4 Å². The topological polar surface area (TPSA) is 141 Å². The summed E-state index contributed by atoms with van der Waals surface area (Å²) in [5.41, 5.74) is 2.06. The van der Waals surface area contributed by atoms with Gasteiger partial charge in [0.25, 0.3) is 5.91 Å². The number of amides is 2. The first-order valence-corrected chi connectivity index (χ1v) is 16.0. The molecule has 1 N–H and O–H groups in total. The van der Waals surface area contributed by atoms with Gasteiger partial charge in [0, 0.05) is 73.7 Å². The molecule has 0 saturated carbocycles. The molecule has 0 radical (unpaired) electrons. The first-order chi connectivity index (χ1) is 23.0. The Morgan fingerprint density at radius 1 is 0.918 bits per heavy atom. The van der Waals surface area contributed by atoms with E-state index in [1.54, 1.807) is 68.1 Å². The Morgan fingerprint density at radius 2 is 1.61 bits per heavy atom. The van der Waals surface area contributed by atoms with E-state index in [9.17, 15) is 18.8 Å². The van der Waals surface area contributed by atoms with E-state index in [-0.39, 0.29) is 29.5 Å². The van der Waals surface area contributed by atoms with Crippen molar-refractivity contribution in [1.29, 1.82) is 0 Å². The zero-order valence-corrected chi connectivity index (χ0v) is 28.7. The number of benzene rings is 1. The van der Waals surface area contributed by atoms with Gasteiger partial charge in [-0.05, 0) is 60.6 Å². The standard InChI is InChI=1S/C34H40FN9O5/c1-21-16-42-19-23(14-26(35)29(42)37-21)38-30(45)24-8-9-27(40-10-12-41(13-11-40)31(46)48-33(2,3)4)25-20-43(39-28(24)25)17-22-15-36-44(18-22)32(47)49-34(5,6)7/h8-9,14-16,18-20H,10-13,17H2,1-7H3,(H,38,45). The molecule has 0 atom stereocenters. The summed E-state index contributed by atoms with van der Waals surface area (Å²) in [6, 6.07) is 4.79. The fraction of sp³-hybridized carbons (Fsp3) is 0.412. The van der Waals surface area contributed by atoms with Crippen molar-refractivity contribution in [3.8, 4) is 0 Å². The molecule has 2 amide bonds. The Morgan fingerprint density at radius 3 is 2.31 bits per heavy atom. The highest BCUT2D eigenvalue weighted by atomic mass is 19.1. The molecular weight excluding hydrogens is 633 g/mol. The minimum atomic E-state index is -0.677. The number of aromatic nitrogens is 6. The molecule has 49 heavy (non-hydrogen) atoms. The lowest BCUT2D eigenvalue weighted by Gasteiger charge is -2.37. The number of imidazole rings is 1. The lowest BCUT2D eigenvalue weighted by Crippen LogP contribution is -2.50. The summed E-state index contributed by atoms with van der Waals surface area (Å²) in [7, 11) is 0. The number of nitrogens with one attached hydrogen (secondary N) is 1. The van der Waals surface area contributed by atoms with Gasteiger partial charge in [-0.3, -0.25) is 9.48 Å². The summed E-state index contributed by atoms with van der Waals surface area (Å²) in [6.45, 7) is 14.9. The number of aryl methyl sites for hydroxylation is 1. The van der Waals surface area contributed by atoms with Crippen LogP contribution in [0.15, 0.2) is 49.2 Å². The molecule has 4 aromatic heterocycles. The maximum atomic E-state index is 14.8. The van der Waals surface area contributed by atoms with Crippen LogP contribution in [0.5, 0.6) is 0 Å². The number of nitrogens with zero attached hydrogens (tertiary/aromatic N) is 8. The molecule has 5 heterocycles. The van der Waals surface area contributed by atoms with Crippen LogP contribution >= 0.6 is 0 Å². The molecular formula is C34H40FN9O5. The van der Waals surface area contributed by atoms with Crippen molar-refractivity contribution in [2.45, 2.75) is 66.2 Å². The minimum Gasteiger partial charge on any atom is -0.444 e. The molecule has 0 aliphatic carbocycles. The van der Waals surface area contributed by atoms with Gasteiger partial charge < -0.3 is 29.0 Å². The second-order valence-electron chi connectivity index (χ2n) is 14.1. The highest BCUT2D eigenvalue weighted by molar-refractivity contribution is 6.14. The zero-order chi connectivity index (χ0) is 35.2. The maximum Gasteiger partial charge on any atom is 0.435 e. The van der Waals surface area contributed by atoms with Crippen molar-refractivity contribution in [3.63, 3.8) is 0 Å². The third-order valence-electron chi connectivity index (χ3n) is 7.66. The van der Waals surface area contributed by atoms with Crippen LogP contribution in [0.25, 0.3) is 16.6 Å². The minimum absolute atomic E-state index is 0.169. The van der Waals surface area contributed by atoms with Crippen LogP contribution in [-0.2, 0) is 16.0 Å². The normalized spacial score (nSPS) is 14.0. The van der Waals surface area contributed by atoms with Gasteiger partial charge in [-0.2, -0.15) is 14.9 Å². The smallest absolute Gasteiger partial charge is 0.435 e. The second-order valence-corrected chi connectivity index (χ2v) is 14.1. The summed E-state index contributed by atoms with van der Waals surface area (Å²) in [5.74, 6) is -1.03. The van der Waals surface area contributed by atoms with Crippen LogP contribution in [0.1, 0.15) is 63.2 Å². The summed E-state index contributed by atoms with van der Waals surface area (Å²) >= 11 is 0. The summed E-state index contributed by atoms with van der Waals surface area (Å²) < 4.78 is 30.1. The SMILES string of the molecule is Cc1cn2cc(NC(=O)c3ccc(N4CCN(C(=O)OC(C)(C)C)CC4)c4cn(Cc5cnn(C(=O)OC(C)(C)C)c5)nc34)cc(F)c2n1. The van der Waals surface area contributed by atoms with Crippen LogP contribution in [0.2, 0.25) is 0 Å². The lowest BCUT2D eigenvalue weighted by molar-refractivity contribution is 0.0240. The largest absolute Gasteiger partial charge is 0.444 e. The van der Waals surface area contributed by atoms with E-state index < -0.39 is 29.0 Å². The third-order valence-corrected chi connectivity index (χ3v) is 7.66. The predicted octanol–water partition coefficient (Wildman–Crippen LogP) is 5.47. The Balaban J connectivity index is 1.30. The Kier molecular flexibility index (Phi) is 8.55. The van der Waals surface area contributed by atoms with Gasteiger partial charge in [-0.15, -0.1) is 0 Å². The number of ether oxygens (including phenoxy) is 2. The van der Waals surface area contributed by atoms with Gasteiger partial charge in [0.1, 0.15) is 16.7 Å². The Labute approximate surface area is 282 Å². The van der Waals surface area contributed by atoms with E-state index in [2.05, 4.69) is 20.3 Å². The fourth-order valence-electron chi connectivity index (χ4n) is 5.62. The summed E-state index contributed by atoms with van der Waals surface area (Å²) in [5, 5.41) is 12.5. The van der Waals surface area contributed by atoms with E-state index >= 15 is 0 Å². The molecule has 0 unspecified atom stereocenters. The van der Waals surface area contributed by atoms with Gasteiger partial charge in [0.2, 0.25) is 0 Å². The summed E-state index contributed by atoms with van der Waals surface area (Å²) in [4.78, 5) is 46.9. The van der Waals surface area contributed by atoms with Crippen LogP contribution < -0.4 is 10.2 Å². The molecule has 6 rings (SSSR count). The molecule has 0 bridgehead atoms. The van der Waals surface area contributed by atoms with Crippen molar-refractivity contribution in [3.05, 3.63) is 71.8 Å². The van der Waals surface area contributed by atoms with Crippen molar-refractivity contribution in [2.75, 3.05) is 36.4 Å². The molecule has 1 fully saturated rings. The number of hydrogen-bond donors (Lipinski definition) is 1. The van der Waals surface area contributed by atoms with Crippen molar-refractivity contribution in [2.24, 2.45) is 0 Å². The Bertz CT molecular complexity index is 2060. The van der Waals surface area contributed by atoms with Crippen molar-refractivity contribution in [1.82, 2.24) is 33.8 Å². The second kappa shape index (κ2) is 12.5. The predicted molar refractivity (Wildman–Crippen MR) is 181 cm³/mol. The molecule has 1 aliphatic rings. The Hall–Kier alpha value is -5.47. The monoisotopic (exact) mass is 673 g/mol. The first kappa shape index (κ1) is 33.4. The molecule has 15 heteroatoms. The van der Waals surface area contributed by atoms with Crippen LogP contribution in [0.3, 0.4) is 0 Å². The molecule has 1 saturated heterocycles. The van der Waals surface area contributed by atoms with Crippen molar-refractivity contribution >= 4 is 46.0 Å². The summed E-state index contributed by atoms with van der Waals surface area (Å²) in [6.07, 6.45) is 7.30. The molecule has 5 aromatic rings. The number of rotatable bonds is 5. The molecule has 14 nitrogen and oxygen atoms in total. The number of fused-ring (bicyclic) bond motifs is 2. The molecule has 258 valence electrons. The number of anilines is 2. The average molecular weight is 674 g/mol. The van der Waals surface area contributed by atoms with E-state index in [1.165, 1.54) is 10.5 Å². The van der Waals surface area contributed by atoms with Crippen molar-refractivity contribution < 1.29 is 28.2 Å². The highest BCUT2D eigenvalue weighted by Gasteiger charge is 2.28. The fourth-order valence-corrected chi connectivity index (χ4v) is 5.62. The molecule has 1 aromatic carbocycles. The van der Waals surface area contributed by atoms with E-state index in [0.29, 0.717) is 48.3 Å². The van der Waals surface area contributed by atoms with E-state index in [1.807, 2.05) is 33.0 Å². The van der Waals surface area contributed by atoms with Crippen LogP contribution in [-0.4, -0.2) is 89.3 Å². The van der Waals surface area contributed by atoms with Gasteiger partial charge in [0.05, 0.1) is 29.7 Å².